The molecule has 3 aromatic rings. The Morgan fingerprint density at radius 3 is 2.18 bits per heavy atom. The molecule has 3 aromatic carbocycles. The molecule has 7 heteroatoms. The van der Waals surface area contributed by atoms with Crippen LogP contribution in [-0.2, 0) is 14.8 Å². The summed E-state index contributed by atoms with van der Waals surface area (Å²) in [6.45, 7) is 2.52. The van der Waals surface area contributed by atoms with Crippen LogP contribution in [0.25, 0.3) is 0 Å². The van der Waals surface area contributed by atoms with Gasteiger partial charge in [0.05, 0.1) is 10.9 Å². The Bertz CT molecular complexity index is 1210. The van der Waals surface area contributed by atoms with E-state index in [2.05, 4.69) is 5.32 Å². The minimum absolute atomic E-state index is 0.0653. The van der Waals surface area contributed by atoms with Gasteiger partial charge in [0.25, 0.3) is 0 Å². The number of halogens is 1. The summed E-state index contributed by atoms with van der Waals surface area (Å²) < 4.78 is 40.3. The lowest BCUT2D eigenvalue weighted by Crippen LogP contribution is -2.43. The molecule has 172 valence electrons. The SMILES string of the molecule is Cc1ccccc1C(NC(=O)C1CCN(S(=O)(=O)c2ccc(F)cc2)CC1)c1ccccc1. The second-order valence-electron chi connectivity index (χ2n) is 8.34. The van der Waals surface area contributed by atoms with Crippen LogP contribution in [0.4, 0.5) is 4.39 Å². The van der Waals surface area contributed by atoms with E-state index < -0.39 is 15.8 Å². The number of rotatable bonds is 6. The normalized spacial score (nSPS) is 16.3. The second kappa shape index (κ2) is 9.85. The molecule has 1 atom stereocenters. The van der Waals surface area contributed by atoms with Gasteiger partial charge in [-0.15, -0.1) is 0 Å². The van der Waals surface area contributed by atoms with Crippen LogP contribution in [-0.4, -0.2) is 31.7 Å². The topological polar surface area (TPSA) is 66.5 Å². The molecule has 0 aromatic heterocycles. The molecule has 5 nitrogen and oxygen atoms in total. The predicted molar refractivity (Wildman–Crippen MR) is 125 cm³/mol. The monoisotopic (exact) mass is 466 g/mol. The molecule has 0 saturated carbocycles. The minimum Gasteiger partial charge on any atom is -0.345 e. The standard InChI is InChI=1S/C26H27FN2O3S/c1-19-7-5-6-10-24(19)25(20-8-3-2-4-9-20)28-26(30)21-15-17-29(18-16-21)33(31,32)23-13-11-22(27)12-14-23/h2-14,21,25H,15-18H2,1H3,(H,28,30). The summed E-state index contributed by atoms with van der Waals surface area (Å²) in [7, 11) is -3.71. The van der Waals surface area contributed by atoms with Crippen LogP contribution in [0, 0.1) is 18.7 Å². The average molecular weight is 467 g/mol. The molecular formula is C26H27FN2O3S. The van der Waals surface area contributed by atoms with Gasteiger partial charge < -0.3 is 5.32 Å². The predicted octanol–water partition coefficient (Wildman–Crippen LogP) is 4.44. The third-order valence-corrected chi connectivity index (χ3v) is 8.11. The lowest BCUT2D eigenvalue weighted by molar-refractivity contribution is -0.126. The quantitative estimate of drug-likeness (QED) is 0.584. The molecule has 1 aliphatic heterocycles. The smallest absolute Gasteiger partial charge is 0.243 e. The molecule has 1 aliphatic rings. The Morgan fingerprint density at radius 1 is 0.939 bits per heavy atom. The summed E-state index contributed by atoms with van der Waals surface area (Å²) in [6, 6.07) is 22.4. The van der Waals surface area contributed by atoms with Gasteiger partial charge in [-0.3, -0.25) is 4.79 Å². The molecule has 1 saturated heterocycles. The van der Waals surface area contributed by atoms with Crippen LogP contribution >= 0.6 is 0 Å². The second-order valence-corrected chi connectivity index (χ2v) is 10.3. The lowest BCUT2D eigenvalue weighted by Gasteiger charge is -2.32. The number of benzene rings is 3. The Labute approximate surface area is 194 Å². The summed E-state index contributed by atoms with van der Waals surface area (Å²) in [5.74, 6) is -0.836. The minimum atomic E-state index is -3.71. The molecular weight excluding hydrogens is 439 g/mol. The van der Waals surface area contributed by atoms with Crippen molar-refractivity contribution >= 4 is 15.9 Å². The van der Waals surface area contributed by atoms with Crippen molar-refractivity contribution in [1.82, 2.24) is 9.62 Å². The van der Waals surface area contributed by atoms with E-state index in [0.717, 1.165) is 28.8 Å². The first kappa shape index (κ1) is 23.1. The fourth-order valence-corrected chi connectivity index (χ4v) is 5.74. The summed E-state index contributed by atoms with van der Waals surface area (Å²) in [6.07, 6.45) is 0.864. The first-order valence-electron chi connectivity index (χ1n) is 11.0. The molecule has 1 fully saturated rings. The highest BCUT2D eigenvalue weighted by Crippen LogP contribution is 2.28. The highest BCUT2D eigenvalue weighted by molar-refractivity contribution is 7.89. The number of hydrogen-bond acceptors (Lipinski definition) is 3. The number of nitrogens with zero attached hydrogens (tertiary/aromatic N) is 1. The Hall–Kier alpha value is -3.03. The summed E-state index contributed by atoms with van der Waals surface area (Å²) in [5.41, 5.74) is 3.12. The maximum Gasteiger partial charge on any atom is 0.243 e. The third-order valence-electron chi connectivity index (χ3n) is 6.20. The van der Waals surface area contributed by atoms with Gasteiger partial charge in [-0.1, -0.05) is 54.6 Å². The van der Waals surface area contributed by atoms with Crippen LogP contribution in [0.3, 0.4) is 0 Å². The summed E-state index contributed by atoms with van der Waals surface area (Å²) in [5, 5.41) is 3.20. The van der Waals surface area contributed by atoms with Crippen molar-refractivity contribution in [3.05, 3.63) is 101 Å². The van der Waals surface area contributed by atoms with Gasteiger partial charge >= 0.3 is 0 Å². The highest BCUT2D eigenvalue weighted by atomic mass is 32.2. The van der Waals surface area contributed by atoms with Gasteiger partial charge in [0.15, 0.2) is 0 Å². The van der Waals surface area contributed by atoms with Gasteiger partial charge in [-0.25, -0.2) is 12.8 Å². The Balaban J connectivity index is 1.46. The van der Waals surface area contributed by atoms with Crippen molar-refractivity contribution < 1.29 is 17.6 Å². The number of piperidine rings is 1. The van der Waals surface area contributed by atoms with Crippen molar-refractivity contribution in [2.24, 2.45) is 5.92 Å². The number of nitrogens with one attached hydrogen (secondary N) is 1. The fourth-order valence-electron chi connectivity index (χ4n) is 4.27. The van der Waals surface area contributed by atoms with Crippen molar-refractivity contribution in [2.75, 3.05) is 13.1 Å². The molecule has 1 amide bonds. The molecule has 1 unspecified atom stereocenters. The number of aryl methyl sites for hydroxylation is 1. The molecule has 1 heterocycles. The molecule has 0 bridgehead atoms. The van der Waals surface area contributed by atoms with E-state index in [1.165, 1.54) is 16.4 Å². The fraction of sp³-hybridized carbons (Fsp3) is 0.269. The van der Waals surface area contributed by atoms with E-state index in [4.69, 9.17) is 0 Å². The van der Waals surface area contributed by atoms with Crippen LogP contribution in [0.5, 0.6) is 0 Å². The van der Waals surface area contributed by atoms with E-state index in [0.29, 0.717) is 12.8 Å². The van der Waals surface area contributed by atoms with E-state index in [-0.39, 0.29) is 35.9 Å². The van der Waals surface area contributed by atoms with Crippen molar-refractivity contribution in [1.29, 1.82) is 0 Å². The molecule has 4 rings (SSSR count). The van der Waals surface area contributed by atoms with E-state index in [1.807, 2.05) is 61.5 Å². The van der Waals surface area contributed by atoms with Crippen LogP contribution in [0.15, 0.2) is 83.8 Å². The summed E-state index contributed by atoms with van der Waals surface area (Å²) in [4.78, 5) is 13.3. The van der Waals surface area contributed by atoms with E-state index >= 15 is 0 Å². The van der Waals surface area contributed by atoms with Crippen molar-refractivity contribution in [3.63, 3.8) is 0 Å². The maximum atomic E-state index is 13.2. The zero-order chi connectivity index (χ0) is 23.4. The Morgan fingerprint density at radius 2 is 1.55 bits per heavy atom. The van der Waals surface area contributed by atoms with Crippen LogP contribution < -0.4 is 5.32 Å². The van der Waals surface area contributed by atoms with Crippen molar-refractivity contribution in [2.45, 2.75) is 30.7 Å². The molecule has 1 N–H and O–H groups in total. The van der Waals surface area contributed by atoms with Gasteiger partial charge in [0.2, 0.25) is 15.9 Å². The molecule has 0 spiro atoms. The van der Waals surface area contributed by atoms with Crippen LogP contribution in [0.2, 0.25) is 0 Å². The molecule has 33 heavy (non-hydrogen) atoms. The zero-order valence-electron chi connectivity index (χ0n) is 18.4. The lowest BCUT2D eigenvalue weighted by atomic mass is 9.92. The molecule has 0 aliphatic carbocycles. The third kappa shape index (κ3) is 5.15. The van der Waals surface area contributed by atoms with E-state index in [1.54, 1.807) is 0 Å². The van der Waals surface area contributed by atoms with Gasteiger partial charge in [0, 0.05) is 19.0 Å². The van der Waals surface area contributed by atoms with Crippen molar-refractivity contribution in [3.8, 4) is 0 Å². The van der Waals surface area contributed by atoms with Crippen LogP contribution in [0.1, 0.15) is 35.6 Å². The highest BCUT2D eigenvalue weighted by Gasteiger charge is 2.33. The zero-order valence-corrected chi connectivity index (χ0v) is 19.3. The Kier molecular flexibility index (Phi) is 6.91. The first-order chi connectivity index (χ1) is 15.9. The summed E-state index contributed by atoms with van der Waals surface area (Å²) >= 11 is 0. The molecule has 0 radical (unpaired) electrons. The van der Waals surface area contributed by atoms with E-state index in [9.17, 15) is 17.6 Å². The number of sulfonamides is 1. The number of carbonyl (C=O) groups is 1. The number of carbonyl (C=O) groups excluding carboxylic acids is 1. The number of hydrogen-bond donors (Lipinski definition) is 1. The number of amides is 1. The van der Waals surface area contributed by atoms with Gasteiger partial charge in [0.1, 0.15) is 5.82 Å². The first-order valence-corrected chi connectivity index (χ1v) is 12.5. The largest absolute Gasteiger partial charge is 0.345 e. The van der Waals surface area contributed by atoms with Gasteiger partial charge in [-0.05, 0) is 60.7 Å². The maximum absolute atomic E-state index is 13.2. The van der Waals surface area contributed by atoms with Gasteiger partial charge in [-0.2, -0.15) is 4.31 Å². The average Bonchev–Trinajstić information content (AvgIpc) is 2.84.